The van der Waals surface area contributed by atoms with E-state index in [-0.39, 0.29) is 29.9 Å². The Hall–Kier alpha value is -6.33. The van der Waals surface area contributed by atoms with Crippen LogP contribution in [0.1, 0.15) is 63.0 Å². The molecule has 1 saturated heterocycles. The minimum absolute atomic E-state index is 0.246. The number of hydrogen-bond acceptors (Lipinski definition) is 10. The third-order valence-corrected chi connectivity index (χ3v) is 9.89. The van der Waals surface area contributed by atoms with Crippen molar-refractivity contribution in [3.8, 4) is 5.75 Å². The molecule has 0 aliphatic carbocycles. The Morgan fingerprint density at radius 3 is 2.05 bits per heavy atom. The summed E-state index contributed by atoms with van der Waals surface area (Å²) in [6.07, 6.45) is 4.69. The van der Waals surface area contributed by atoms with Crippen molar-refractivity contribution in [1.29, 1.82) is 0 Å². The lowest BCUT2D eigenvalue weighted by Gasteiger charge is -2.27. The second-order valence-corrected chi connectivity index (χ2v) is 13.9. The summed E-state index contributed by atoms with van der Waals surface area (Å²) in [4.78, 5) is 51.6. The molecule has 3 amide bonds. The number of imidazole rings is 2. The molecule has 4 aromatic heterocycles. The van der Waals surface area contributed by atoms with E-state index in [0.29, 0.717) is 60.4 Å². The van der Waals surface area contributed by atoms with E-state index >= 15 is 0 Å². The fourth-order valence-corrected chi connectivity index (χ4v) is 7.15. The van der Waals surface area contributed by atoms with Gasteiger partial charge in [0.05, 0.1) is 34.5 Å². The molecule has 5 N–H and O–H groups in total. The maximum absolute atomic E-state index is 13.7. The van der Waals surface area contributed by atoms with E-state index in [1.165, 1.54) is 0 Å². The summed E-state index contributed by atoms with van der Waals surface area (Å²) in [6.45, 7) is 14.4. The van der Waals surface area contributed by atoms with Gasteiger partial charge in [-0.2, -0.15) is 10.2 Å². The van der Waals surface area contributed by atoms with Gasteiger partial charge in [-0.15, -0.1) is 0 Å². The van der Waals surface area contributed by atoms with Crippen molar-refractivity contribution in [3.63, 3.8) is 0 Å². The molecule has 0 unspecified atom stereocenters. The van der Waals surface area contributed by atoms with Gasteiger partial charge in [0.25, 0.3) is 11.8 Å². The first-order valence-electron chi connectivity index (χ1n) is 19.3. The van der Waals surface area contributed by atoms with Crippen LogP contribution < -0.4 is 26.4 Å². The molecule has 0 radical (unpaired) electrons. The molecular formula is C40H49N13O4. The van der Waals surface area contributed by atoms with Crippen molar-refractivity contribution >= 4 is 51.7 Å². The molecule has 57 heavy (non-hydrogen) atoms. The average molecular weight is 776 g/mol. The smallest absolute Gasteiger partial charge is 0.276 e. The highest BCUT2D eigenvalue weighted by Gasteiger charge is 2.22. The van der Waals surface area contributed by atoms with Gasteiger partial charge in [0, 0.05) is 64.5 Å². The number of nitrogens with two attached hydrogens (primary N) is 1. The molecule has 5 heterocycles. The van der Waals surface area contributed by atoms with Gasteiger partial charge in [-0.05, 0) is 70.5 Å². The lowest BCUT2D eigenvalue weighted by Crippen LogP contribution is -2.43. The summed E-state index contributed by atoms with van der Waals surface area (Å²) >= 11 is 0. The molecule has 298 valence electrons. The lowest BCUT2D eigenvalue weighted by molar-refractivity contribution is 0.0994. The predicted molar refractivity (Wildman–Crippen MR) is 218 cm³/mol. The molecule has 2 aromatic carbocycles. The number of amides is 3. The second-order valence-electron chi connectivity index (χ2n) is 13.9. The van der Waals surface area contributed by atoms with Gasteiger partial charge < -0.3 is 29.8 Å². The van der Waals surface area contributed by atoms with Crippen LogP contribution in [-0.4, -0.2) is 101 Å². The molecular weight excluding hydrogens is 727 g/mol. The Morgan fingerprint density at radius 1 is 0.825 bits per heavy atom. The van der Waals surface area contributed by atoms with Crippen LogP contribution in [0.15, 0.2) is 60.7 Å². The largest absolute Gasteiger partial charge is 0.491 e. The number of para-hydroxylation sites is 2. The number of aromatic nitrogens is 8. The number of fused-ring (bicyclic) bond motifs is 2. The number of anilines is 2. The molecule has 1 aliphatic heterocycles. The average Bonchev–Trinajstić information content (AvgIpc) is 3.97. The highest BCUT2D eigenvalue weighted by atomic mass is 16.5. The molecule has 0 saturated carbocycles. The van der Waals surface area contributed by atoms with Crippen LogP contribution in [-0.2, 0) is 26.2 Å². The number of rotatable bonds is 16. The van der Waals surface area contributed by atoms with Crippen molar-refractivity contribution in [2.24, 2.45) is 5.73 Å². The predicted octanol–water partition coefficient (Wildman–Crippen LogP) is 3.97. The van der Waals surface area contributed by atoms with Crippen LogP contribution in [0.3, 0.4) is 0 Å². The number of benzene rings is 2. The van der Waals surface area contributed by atoms with Gasteiger partial charge in [-0.1, -0.05) is 24.3 Å². The summed E-state index contributed by atoms with van der Waals surface area (Å²) in [5, 5.41) is 18.2. The number of nitrogens with one attached hydrogen (secondary N) is 3. The molecule has 7 rings (SSSR count). The third-order valence-electron chi connectivity index (χ3n) is 9.89. The highest BCUT2D eigenvalue weighted by Crippen LogP contribution is 2.32. The van der Waals surface area contributed by atoms with Crippen LogP contribution in [0, 0.1) is 13.8 Å². The van der Waals surface area contributed by atoms with E-state index in [2.05, 4.69) is 31.0 Å². The summed E-state index contributed by atoms with van der Waals surface area (Å²) < 4.78 is 13.5. The molecule has 0 bridgehead atoms. The van der Waals surface area contributed by atoms with E-state index in [4.69, 9.17) is 20.4 Å². The van der Waals surface area contributed by atoms with E-state index in [1.54, 1.807) is 33.6 Å². The number of primary amides is 1. The zero-order valence-electron chi connectivity index (χ0n) is 32.8. The van der Waals surface area contributed by atoms with Crippen molar-refractivity contribution < 1.29 is 19.1 Å². The van der Waals surface area contributed by atoms with Gasteiger partial charge in [-0.25, -0.2) is 9.97 Å². The first kappa shape index (κ1) is 38.9. The zero-order chi connectivity index (χ0) is 40.1. The van der Waals surface area contributed by atoms with E-state index in [1.807, 2.05) is 73.2 Å². The van der Waals surface area contributed by atoms with Gasteiger partial charge in [0.1, 0.15) is 22.7 Å². The fourth-order valence-electron chi connectivity index (χ4n) is 7.15. The van der Waals surface area contributed by atoms with Crippen molar-refractivity contribution in [1.82, 2.24) is 48.9 Å². The number of piperazine rings is 1. The zero-order valence-corrected chi connectivity index (χ0v) is 32.8. The summed E-state index contributed by atoms with van der Waals surface area (Å²) in [5.41, 5.74) is 10.9. The van der Waals surface area contributed by atoms with Crippen LogP contribution in [0.5, 0.6) is 5.75 Å². The number of ether oxygens (including phenoxy) is 1. The standard InChI is InChI=1S/C40H49N13O4/c1-5-52-32(22-26(3)47-52)37(55)45-39-43-29-12-7-8-13-31(29)50(39)17-9-10-18-51-35-30(44-40(51)46-38(56)33-23-27(4)48-53(33)6-2)24-28(36(41)54)25-34(35)57-21-11-16-49-19-14-42-15-20-49/h7-10,12-13,22-25,42H,5-6,11,14-21H2,1-4H3,(H2,41,54)(H,43,45,55)(H,44,46,56)/b10-9+. The van der Waals surface area contributed by atoms with Crippen LogP contribution in [0.4, 0.5) is 11.9 Å². The number of carbonyl (C=O) groups is 3. The summed E-state index contributed by atoms with van der Waals surface area (Å²) in [5.74, 6) is -0.210. The quantitative estimate of drug-likeness (QED) is 0.0825. The van der Waals surface area contributed by atoms with Gasteiger partial charge >= 0.3 is 0 Å². The Labute approximate surface area is 329 Å². The van der Waals surface area contributed by atoms with E-state index < -0.39 is 5.91 Å². The highest BCUT2D eigenvalue weighted by molar-refractivity contribution is 6.04. The number of hydrogen-bond donors (Lipinski definition) is 4. The second kappa shape index (κ2) is 17.2. The summed E-state index contributed by atoms with van der Waals surface area (Å²) in [7, 11) is 0. The molecule has 17 nitrogen and oxygen atoms in total. The minimum atomic E-state index is -0.616. The topological polar surface area (TPSA) is 197 Å². The minimum Gasteiger partial charge on any atom is -0.491 e. The SMILES string of the molecule is CCn1nc(C)cc1C(=O)Nc1nc2ccccc2n1C/C=C/Cn1c(NC(=O)c2cc(C)nn2CC)nc2cc(C(N)=O)cc(OCCCN3CCNCC3)c21. The lowest BCUT2D eigenvalue weighted by atomic mass is 10.1. The van der Waals surface area contributed by atoms with Crippen LogP contribution in [0.2, 0.25) is 0 Å². The Bertz CT molecular complexity index is 2450. The van der Waals surface area contributed by atoms with Crippen LogP contribution >= 0.6 is 0 Å². The number of carbonyl (C=O) groups excluding carboxylic acids is 3. The number of nitrogens with zero attached hydrogens (tertiary/aromatic N) is 9. The van der Waals surface area contributed by atoms with Crippen molar-refractivity contribution in [2.75, 3.05) is 50.0 Å². The fraction of sp³-hybridized carbons (Fsp3) is 0.375. The molecule has 0 atom stereocenters. The summed E-state index contributed by atoms with van der Waals surface area (Å²) in [6, 6.07) is 14.4. The maximum Gasteiger partial charge on any atom is 0.276 e. The van der Waals surface area contributed by atoms with Gasteiger partial charge in [0.15, 0.2) is 0 Å². The molecule has 17 heteroatoms. The molecule has 0 spiro atoms. The number of allylic oxidation sites excluding steroid dienone is 2. The molecule has 1 fully saturated rings. The molecule has 6 aromatic rings. The van der Waals surface area contributed by atoms with Gasteiger partial charge in [-0.3, -0.25) is 34.4 Å². The normalized spacial score (nSPS) is 13.5. The van der Waals surface area contributed by atoms with Gasteiger partial charge in [0.2, 0.25) is 17.8 Å². The number of aryl methyl sites for hydroxylation is 4. The third kappa shape index (κ3) is 8.58. The van der Waals surface area contributed by atoms with E-state index in [0.717, 1.165) is 61.6 Å². The first-order chi connectivity index (χ1) is 27.6. The Kier molecular flexibility index (Phi) is 11.8. The Morgan fingerprint density at radius 2 is 1.42 bits per heavy atom. The van der Waals surface area contributed by atoms with Crippen LogP contribution in [0.25, 0.3) is 22.1 Å². The molecule has 1 aliphatic rings. The van der Waals surface area contributed by atoms with Crippen molar-refractivity contribution in [2.45, 2.75) is 60.3 Å². The first-order valence-corrected chi connectivity index (χ1v) is 19.3. The maximum atomic E-state index is 13.7. The van der Waals surface area contributed by atoms with E-state index in [9.17, 15) is 14.4 Å². The Balaban J connectivity index is 1.20. The van der Waals surface area contributed by atoms with Crippen molar-refractivity contribution in [3.05, 3.63) is 89.0 Å². The monoisotopic (exact) mass is 775 g/mol.